The minimum Gasteiger partial charge on any atom is -0.492 e. The molecule has 7 N–H and O–H groups in total. The number of anilines is 6. The third-order valence-corrected chi connectivity index (χ3v) is 14.2. The van der Waals surface area contributed by atoms with Crippen molar-refractivity contribution in [2.75, 3.05) is 124 Å². The first-order chi connectivity index (χ1) is 45.1. The van der Waals surface area contributed by atoms with Gasteiger partial charge in [0.2, 0.25) is 0 Å². The normalized spacial score (nSPS) is 12.8. The Hall–Kier alpha value is -10.1. The van der Waals surface area contributed by atoms with Gasteiger partial charge in [-0.15, -0.1) is 5.10 Å². The highest BCUT2D eigenvalue weighted by Gasteiger charge is 2.21. The van der Waals surface area contributed by atoms with Crippen LogP contribution >= 0.6 is 11.6 Å². The van der Waals surface area contributed by atoms with Crippen molar-refractivity contribution < 1.29 is 66.2 Å². The third kappa shape index (κ3) is 21.8. The second-order valence-corrected chi connectivity index (χ2v) is 21.0. The molecule has 6 amide bonds. The van der Waals surface area contributed by atoms with Crippen LogP contribution in [0, 0.1) is 13.8 Å². The molecule has 2 fully saturated rings. The summed E-state index contributed by atoms with van der Waals surface area (Å²) in [4.78, 5) is 77.7. The van der Waals surface area contributed by atoms with Gasteiger partial charge in [-0.1, -0.05) is 43.7 Å². The number of nitrogens with one attached hydrogen (secondary N) is 7. The summed E-state index contributed by atoms with van der Waals surface area (Å²) in [5, 5.41) is 35.6. The average Bonchev–Trinajstić information content (AvgIpc) is 1.64. The van der Waals surface area contributed by atoms with Crippen molar-refractivity contribution in [3.63, 3.8) is 0 Å². The molecule has 29 heteroatoms. The second kappa shape index (κ2) is 36.2. The minimum atomic E-state index is -0.738. The van der Waals surface area contributed by atoms with E-state index in [1.807, 2.05) is 39.8 Å². The zero-order chi connectivity index (χ0) is 66.1. The topological polar surface area (TPSA) is 335 Å². The molecular weight excluding hydrogens is 1240 g/mol. The fourth-order valence-corrected chi connectivity index (χ4v) is 9.30. The highest BCUT2D eigenvalue weighted by Crippen LogP contribution is 2.29. The molecule has 4 aromatic carbocycles. The highest BCUT2D eigenvalue weighted by atomic mass is 35.5. The van der Waals surface area contributed by atoms with Crippen molar-refractivity contribution in [1.82, 2.24) is 40.1 Å². The zero-order valence-corrected chi connectivity index (χ0v) is 53.2. The number of rotatable bonds is 22. The van der Waals surface area contributed by atoms with Crippen LogP contribution in [0.3, 0.4) is 0 Å². The Balaban J connectivity index is 0.000000243. The molecule has 94 heavy (non-hydrogen) atoms. The lowest BCUT2D eigenvalue weighted by Crippen LogP contribution is -2.38. The Morgan fingerprint density at radius 1 is 0.543 bits per heavy atom. The van der Waals surface area contributed by atoms with Crippen molar-refractivity contribution in [3.05, 3.63) is 143 Å². The van der Waals surface area contributed by atoms with Gasteiger partial charge in [0.1, 0.15) is 36.2 Å². The molecule has 6 heterocycles. The van der Waals surface area contributed by atoms with E-state index in [1.54, 1.807) is 111 Å². The predicted molar refractivity (Wildman–Crippen MR) is 355 cm³/mol. The average molecular weight is 1320 g/mol. The molecule has 0 unspecified atom stereocenters. The Kier molecular flexibility index (Phi) is 27.5. The fourth-order valence-electron chi connectivity index (χ4n) is 9.19. The number of nitrogens with zero attached hydrogens (tertiary/aromatic N) is 7. The van der Waals surface area contributed by atoms with E-state index in [9.17, 15) is 28.8 Å². The number of halogens is 1. The summed E-state index contributed by atoms with van der Waals surface area (Å²) in [6, 6.07) is 30.4. The predicted octanol–water partition coefficient (Wildman–Crippen LogP) is 11.6. The summed E-state index contributed by atoms with van der Waals surface area (Å²) >= 11 is 4.72. The molecule has 8 aromatic rings. The molecule has 2 saturated heterocycles. The molecule has 0 atom stereocenters. The van der Waals surface area contributed by atoms with Crippen LogP contribution in [-0.2, 0) is 31.8 Å². The quantitative estimate of drug-likeness (QED) is 0.0310. The lowest BCUT2D eigenvalue weighted by molar-refractivity contribution is 0.0321. The van der Waals surface area contributed by atoms with E-state index in [1.165, 1.54) is 0 Å². The lowest BCUT2D eigenvalue weighted by atomic mass is 10.1. The van der Waals surface area contributed by atoms with Crippen LogP contribution in [-0.4, -0.2) is 168 Å². The molecule has 2 aliphatic heterocycles. The van der Waals surface area contributed by atoms with Crippen LogP contribution in [0.25, 0.3) is 22.5 Å². The first-order valence-electron chi connectivity index (χ1n) is 30.2. The molecule has 4 aromatic heterocycles. The van der Waals surface area contributed by atoms with Gasteiger partial charge in [-0.05, 0) is 112 Å². The number of aryl methyl sites for hydroxylation is 4. The van der Waals surface area contributed by atoms with Crippen LogP contribution < -0.4 is 41.4 Å². The summed E-state index contributed by atoms with van der Waals surface area (Å²) in [6.45, 7) is 20.8. The number of aromatic amines is 1. The monoisotopic (exact) mass is 1310 g/mol. The van der Waals surface area contributed by atoms with Gasteiger partial charge in [-0.25, -0.2) is 19.2 Å². The number of carbonyl (C=O) groups excluding carboxylic acids is 6. The third-order valence-electron chi connectivity index (χ3n) is 14.1. The van der Waals surface area contributed by atoms with Crippen LogP contribution in [0.5, 0.6) is 11.5 Å². The number of amides is 6. The fraction of sp³-hybridized carbons (Fsp3) is 0.354. The van der Waals surface area contributed by atoms with E-state index in [-0.39, 0.29) is 25.8 Å². The molecule has 28 nitrogen and oxygen atoms in total. The standard InChI is InChI=1S/C32H37N7O7.C29H33N7O5.C3H5ClO2.CH4/c1-4-24-19-29(37-46-24)35-31(41)33-26-11-8-23(18-21(26)3)27-20-28(36-39(27)32(42)44-5-2)34-30(40)22-6-9-25(10-7-22)45-17-14-38-12-15-43-16-13-38;1-3-22-17-27(35-41-22)32-29(38)30-24-9-6-21(16-19(24)2)25-18-26(34-33-25)31-28(37)20-4-7-23(8-5-20)40-15-12-36-10-13-39-14-11-36;1-2-6-3(4)5;/h6-11,18-20H,4-5,12-17H2,1-3H3,(H,34,36,40)(H2,33,35,37,41);4-9,16-18H,3,10-15H2,1-2H3,(H2,30,32,35,38)(H2,31,33,34,37);2H2,1H3;1H4. The molecular formula is C65H79ClN14O14. The van der Waals surface area contributed by atoms with Crippen LogP contribution in [0.4, 0.5) is 53.8 Å². The van der Waals surface area contributed by atoms with Crippen molar-refractivity contribution >= 4 is 81.6 Å². The van der Waals surface area contributed by atoms with Gasteiger partial charge in [0.25, 0.3) is 11.8 Å². The minimum absolute atomic E-state index is 0. The summed E-state index contributed by atoms with van der Waals surface area (Å²) in [5.41, 5.74) is 5.50. The van der Waals surface area contributed by atoms with E-state index in [4.69, 9.17) is 44.3 Å². The van der Waals surface area contributed by atoms with Crippen molar-refractivity contribution in [1.29, 1.82) is 0 Å². The highest BCUT2D eigenvalue weighted by molar-refractivity contribution is 6.61. The smallest absolute Gasteiger partial charge is 0.435 e. The first-order valence-corrected chi connectivity index (χ1v) is 30.6. The maximum Gasteiger partial charge on any atom is 0.435 e. The van der Waals surface area contributed by atoms with Crippen LogP contribution in [0.1, 0.15) is 78.5 Å². The number of benzene rings is 4. The second-order valence-electron chi connectivity index (χ2n) is 20.7. The Bertz CT molecular complexity index is 3760. The van der Waals surface area contributed by atoms with Crippen molar-refractivity contribution in [2.45, 2.75) is 61.8 Å². The van der Waals surface area contributed by atoms with Crippen molar-refractivity contribution in [2.24, 2.45) is 0 Å². The Labute approximate surface area is 548 Å². The molecule has 10 rings (SSSR count). The number of urea groups is 2. The molecule has 0 aliphatic carbocycles. The van der Waals surface area contributed by atoms with E-state index in [2.05, 4.69) is 72.0 Å². The van der Waals surface area contributed by atoms with Gasteiger partial charge in [-0.3, -0.25) is 35.1 Å². The number of hydrogen-bond acceptors (Lipinski definition) is 20. The first kappa shape index (κ1) is 71.3. The van der Waals surface area contributed by atoms with Crippen LogP contribution in [0.2, 0.25) is 0 Å². The maximum absolute atomic E-state index is 13.1. The number of hydrogen-bond donors (Lipinski definition) is 7. The lowest BCUT2D eigenvalue weighted by Gasteiger charge is -2.26. The van der Waals surface area contributed by atoms with Gasteiger partial charge >= 0.3 is 23.6 Å². The van der Waals surface area contributed by atoms with E-state index >= 15 is 0 Å². The van der Waals surface area contributed by atoms with Gasteiger partial charge < -0.3 is 58.7 Å². The van der Waals surface area contributed by atoms with E-state index in [0.717, 1.165) is 92.8 Å². The molecule has 0 saturated carbocycles. The Morgan fingerprint density at radius 2 is 1.01 bits per heavy atom. The maximum atomic E-state index is 13.1. The molecule has 2 aliphatic rings. The summed E-state index contributed by atoms with van der Waals surface area (Å²) in [5.74, 6) is 3.26. The van der Waals surface area contributed by atoms with Gasteiger partial charge in [0, 0.05) is 122 Å². The molecule has 0 spiro atoms. The Morgan fingerprint density at radius 3 is 1.45 bits per heavy atom. The summed E-state index contributed by atoms with van der Waals surface area (Å²) in [6.07, 6.45) is 0.646. The summed E-state index contributed by atoms with van der Waals surface area (Å²) in [7, 11) is 0. The molecule has 0 radical (unpaired) electrons. The molecule has 0 bridgehead atoms. The SMILES string of the molecule is C.CCOC(=O)Cl.CCOC(=O)n1nc(NC(=O)c2ccc(OCCN3CCOCC3)cc2)cc1-c1ccc(NC(=O)Nc2cc(CC)on2)c(C)c1.CCc1cc(NC(=O)Nc2ccc(-c3cc(NC(=O)c4ccc(OCCN5CCOCC5)cc4)n[nH]3)cc2C)no1. The zero-order valence-electron chi connectivity index (χ0n) is 52.4. The molecule has 500 valence electrons. The number of aromatic nitrogens is 6. The van der Waals surface area contributed by atoms with Gasteiger partial charge in [-0.2, -0.15) is 9.78 Å². The van der Waals surface area contributed by atoms with Gasteiger partial charge in [0.05, 0.1) is 51.0 Å². The number of H-pyrrole nitrogens is 1. The largest absolute Gasteiger partial charge is 0.492 e. The van der Waals surface area contributed by atoms with Gasteiger partial charge in [0.15, 0.2) is 23.3 Å². The van der Waals surface area contributed by atoms with Crippen molar-refractivity contribution in [3.8, 4) is 34.0 Å². The van der Waals surface area contributed by atoms with E-state index in [0.29, 0.717) is 107 Å². The van der Waals surface area contributed by atoms with Crippen LogP contribution in [0.15, 0.2) is 118 Å². The summed E-state index contributed by atoms with van der Waals surface area (Å²) < 4.78 is 43.1. The number of ether oxygens (including phenoxy) is 6. The number of carbonyl (C=O) groups is 6. The van der Waals surface area contributed by atoms with E-state index < -0.39 is 29.5 Å². The number of morpholine rings is 2.